The Labute approximate surface area is 129 Å². The SMILES string of the molecule is CC(N)C1CN(C(=O)C2CCC(C(C)(C)C)CC2)CCO1. The highest BCUT2D eigenvalue weighted by Crippen LogP contribution is 2.40. The Hall–Kier alpha value is -0.610. The maximum Gasteiger partial charge on any atom is 0.225 e. The molecule has 2 fully saturated rings. The van der Waals surface area contributed by atoms with E-state index in [9.17, 15) is 4.79 Å². The zero-order chi connectivity index (χ0) is 15.6. The Balaban J connectivity index is 1.87. The van der Waals surface area contributed by atoms with Crippen LogP contribution in [0.1, 0.15) is 53.4 Å². The largest absolute Gasteiger partial charge is 0.373 e. The molecule has 1 aliphatic carbocycles. The van der Waals surface area contributed by atoms with Gasteiger partial charge < -0.3 is 15.4 Å². The fourth-order valence-electron chi connectivity index (χ4n) is 3.66. The van der Waals surface area contributed by atoms with Gasteiger partial charge in [-0.2, -0.15) is 0 Å². The Kier molecular flexibility index (Phi) is 5.31. The van der Waals surface area contributed by atoms with Crippen LogP contribution in [0.4, 0.5) is 0 Å². The van der Waals surface area contributed by atoms with Gasteiger partial charge >= 0.3 is 0 Å². The van der Waals surface area contributed by atoms with Crippen molar-refractivity contribution >= 4 is 5.91 Å². The van der Waals surface area contributed by atoms with E-state index in [0.717, 1.165) is 25.3 Å². The molecule has 0 aromatic rings. The summed E-state index contributed by atoms with van der Waals surface area (Å²) in [5.41, 5.74) is 6.28. The van der Waals surface area contributed by atoms with E-state index < -0.39 is 0 Å². The molecule has 1 heterocycles. The van der Waals surface area contributed by atoms with Gasteiger partial charge in [0.25, 0.3) is 0 Å². The number of hydrogen-bond acceptors (Lipinski definition) is 3. The maximum absolute atomic E-state index is 12.7. The standard InChI is InChI=1S/C17H32N2O2/c1-12(18)15-11-19(9-10-21-15)16(20)13-5-7-14(8-6-13)17(2,3)4/h12-15H,5-11,18H2,1-4H3. The van der Waals surface area contributed by atoms with Crippen LogP contribution in [0.25, 0.3) is 0 Å². The van der Waals surface area contributed by atoms with Crippen LogP contribution in [-0.4, -0.2) is 42.6 Å². The minimum absolute atomic E-state index is 0.00591. The Morgan fingerprint density at radius 1 is 1.24 bits per heavy atom. The van der Waals surface area contributed by atoms with Crippen molar-refractivity contribution in [3.05, 3.63) is 0 Å². The van der Waals surface area contributed by atoms with Gasteiger partial charge in [0.1, 0.15) is 0 Å². The van der Waals surface area contributed by atoms with Crippen molar-refractivity contribution in [3.63, 3.8) is 0 Å². The lowest BCUT2D eigenvalue weighted by atomic mass is 9.69. The molecule has 122 valence electrons. The zero-order valence-corrected chi connectivity index (χ0v) is 14.1. The number of nitrogens with zero attached hydrogens (tertiary/aromatic N) is 1. The van der Waals surface area contributed by atoms with E-state index in [1.54, 1.807) is 0 Å². The molecule has 1 saturated carbocycles. The molecular formula is C17H32N2O2. The van der Waals surface area contributed by atoms with Crippen LogP contribution in [0.5, 0.6) is 0 Å². The normalized spacial score (nSPS) is 32.8. The summed E-state index contributed by atoms with van der Waals surface area (Å²) in [7, 11) is 0. The van der Waals surface area contributed by atoms with E-state index in [1.165, 1.54) is 12.8 Å². The average Bonchev–Trinajstić information content (AvgIpc) is 2.46. The van der Waals surface area contributed by atoms with Crippen LogP contribution < -0.4 is 5.73 Å². The van der Waals surface area contributed by atoms with Crippen LogP contribution in [0.15, 0.2) is 0 Å². The van der Waals surface area contributed by atoms with Crippen LogP contribution in [0.3, 0.4) is 0 Å². The topological polar surface area (TPSA) is 55.6 Å². The first kappa shape index (κ1) is 16.8. The van der Waals surface area contributed by atoms with Gasteiger partial charge in [0.05, 0.1) is 12.7 Å². The number of hydrogen-bond donors (Lipinski definition) is 1. The highest BCUT2D eigenvalue weighted by atomic mass is 16.5. The van der Waals surface area contributed by atoms with E-state index in [2.05, 4.69) is 20.8 Å². The molecule has 21 heavy (non-hydrogen) atoms. The highest BCUT2D eigenvalue weighted by Gasteiger charge is 2.35. The van der Waals surface area contributed by atoms with Crippen LogP contribution in [0.2, 0.25) is 0 Å². The maximum atomic E-state index is 12.7. The van der Waals surface area contributed by atoms with Crippen molar-refractivity contribution < 1.29 is 9.53 Å². The van der Waals surface area contributed by atoms with Crippen LogP contribution >= 0.6 is 0 Å². The van der Waals surface area contributed by atoms with Crippen molar-refractivity contribution in [1.82, 2.24) is 4.90 Å². The molecule has 0 aromatic heterocycles. The predicted octanol–water partition coefficient (Wildman–Crippen LogP) is 2.41. The number of nitrogens with two attached hydrogens (primary N) is 1. The molecule has 4 nitrogen and oxygen atoms in total. The van der Waals surface area contributed by atoms with Gasteiger partial charge in [-0.1, -0.05) is 20.8 Å². The van der Waals surface area contributed by atoms with Gasteiger partial charge in [-0.25, -0.2) is 0 Å². The van der Waals surface area contributed by atoms with Crippen LogP contribution in [-0.2, 0) is 9.53 Å². The molecule has 2 atom stereocenters. The lowest BCUT2D eigenvalue weighted by Gasteiger charge is -2.40. The molecule has 0 aromatic carbocycles. The molecule has 2 unspecified atom stereocenters. The van der Waals surface area contributed by atoms with E-state index >= 15 is 0 Å². The number of amides is 1. The van der Waals surface area contributed by atoms with Gasteiger partial charge in [0.15, 0.2) is 0 Å². The summed E-state index contributed by atoms with van der Waals surface area (Å²) in [6.45, 7) is 10.9. The molecule has 0 spiro atoms. The first-order chi connectivity index (χ1) is 9.79. The minimum Gasteiger partial charge on any atom is -0.373 e. The summed E-state index contributed by atoms with van der Waals surface area (Å²) in [4.78, 5) is 14.7. The lowest BCUT2D eigenvalue weighted by Crippen LogP contribution is -2.53. The monoisotopic (exact) mass is 296 g/mol. The van der Waals surface area contributed by atoms with Gasteiger partial charge in [-0.3, -0.25) is 4.79 Å². The Morgan fingerprint density at radius 2 is 1.86 bits per heavy atom. The van der Waals surface area contributed by atoms with E-state index in [-0.39, 0.29) is 18.1 Å². The molecule has 2 aliphatic rings. The third kappa shape index (κ3) is 4.19. The van der Waals surface area contributed by atoms with Crippen molar-refractivity contribution in [2.45, 2.75) is 65.5 Å². The Bertz CT molecular complexity index is 354. The second-order valence-electron chi connectivity index (χ2n) is 7.97. The Morgan fingerprint density at radius 3 is 2.38 bits per heavy atom. The van der Waals surface area contributed by atoms with Crippen molar-refractivity contribution in [1.29, 1.82) is 0 Å². The summed E-state index contributed by atoms with van der Waals surface area (Å²) in [5, 5.41) is 0. The zero-order valence-electron chi connectivity index (χ0n) is 14.1. The second kappa shape index (κ2) is 6.66. The third-order valence-corrected chi connectivity index (χ3v) is 5.29. The molecule has 4 heteroatoms. The molecule has 1 saturated heterocycles. The first-order valence-corrected chi connectivity index (χ1v) is 8.45. The van der Waals surface area contributed by atoms with Gasteiger partial charge in [0.2, 0.25) is 5.91 Å². The van der Waals surface area contributed by atoms with Gasteiger partial charge in [-0.15, -0.1) is 0 Å². The lowest BCUT2D eigenvalue weighted by molar-refractivity contribution is -0.145. The van der Waals surface area contributed by atoms with Crippen LogP contribution in [0, 0.1) is 17.3 Å². The minimum atomic E-state index is -0.0165. The van der Waals surface area contributed by atoms with E-state index in [4.69, 9.17) is 10.5 Å². The second-order valence-corrected chi connectivity index (χ2v) is 7.97. The van der Waals surface area contributed by atoms with Crippen molar-refractivity contribution in [2.75, 3.05) is 19.7 Å². The first-order valence-electron chi connectivity index (χ1n) is 8.45. The summed E-state index contributed by atoms with van der Waals surface area (Å²) in [6, 6.07) is -0.0165. The fraction of sp³-hybridized carbons (Fsp3) is 0.941. The summed E-state index contributed by atoms with van der Waals surface area (Å²) in [5.74, 6) is 1.30. The molecular weight excluding hydrogens is 264 g/mol. The quantitative estimate of drug-likeness (QED) is 0.851. The summed E-state index contributed by atoms with van der Waals surface area (Å²) < 4.78 is 5.65. The average molecular weight is 296 g/mol. The molecule has 1 aliphatic heterocycles. The third-order valence-electron chi connectivity index (χ3n) is 5.29. The molecule has 0 radical (unpaired) electrons. The fourth-order valence-corrected chi connectivity index (χ4v) is 3.66. The predicted molar refractivity (Wildman–Crippen MR) is 84.9 cm³/mol. The smallest absolute Gasteiger partial charge is 0.225 e. The molecule has 0 bridgehead atoms. The highest BCUT2D eigenvalue weighted by molar-refractivity contribution is 5.79. The summed E-state index contributed by atoms with van der Waals surface area (Å²) in [6.07, 6.45) is 4.44. The van der Waals surface area contributed by atoms with E-state index in [1.807, 2.05) is 11.8 Å². The number of morpholine rings is 1. The molecule has 2 N–H and O–H groups in total. The summed E-state index contributed by atoms with van der Waals surface area (Å²) >= 11 is 0. The number of ether oxygens (including phenoxy) is 1. The van der Waals surface area contributed by atoms with Crippen molar-refractivity contribution in [2.24, 2.45) is 23.0 Å². The van der Waals surface area contributed by atoms with E-state index in [0.29, 0.717) is 24.5 Å². The molecule has 1 amide bonds. The number of rotatable bonds is 2. The van der Waals surface area contributed by atoms with Gasteiger partial charge in [-0.05, 0) is 43.9 Å². The number of carbonyl (C=O) groups excluding carboxylic acids is 1. The number of carbonyl (C=O) groups is 1. The van der Waals surface area contributed by atoms with Gasteiger partial charge in [0, 0.05) is 25.0 Å². The molecule has 2 rings (SSSR count). The van der Waals surface area contributed by atoms with Crippen molar-refractivity contribution in [3.8, 4) is 0 Å².